The molecular weight excluding hydrogens is 522 g/mol. The van der Waals surface area contributed by atoms with E-state index >= 15 is 0 Å². The summed E-state index contributed by atoms with van der Waals surface area (Å²) in [5.74, 6) is 3.16. The van der Waals surface area contributed by atoms with Crippen LogP contribution in [0.5, 0.6) is 0 Å². The second kappa shape index (κ2) is 14.4. The van der Waals surface area contributed by atoms with Crippen LogP contribution in [0.25, 0.3) is 0 Å². The number of carbonyl (C=O) groups excluding carboxylic acids is 1. The minimum absolute atomic E-state index is 0.109. The summed E-state index contributed by atoms with van der Waals surface area (Å²) in [5.41, 5.74) is 6.50. The van der Waals surface area contributed by atoms with E-state index in [4.69, 9.17) is 10.5 Å². The first kappa shape index (κ1) is 33.9. The van der Waals surface area contributed by atoms with Crippen LogP contribution in [0.1, 0.15) is 125 Å². The summed E-state index contributed by atoms with van der Waals surface area (Å²) in [6, 6.07) is -0.109. The fourth-order valence-corrected chi connectivity index (χ4v) is 10.1. The van der Waals surface area contributed by atoms with Gasteiger partial charge in [0.1, 0.15) is 6.10 Å². The lowest BCUT2D eigenvalue weighted by molar-refractivity contribution is -0.192. The van der Waals surface area contributed by atoms with E-state index in [1.54, 1.807) is 5.57 Å². The zero-order valence-corrected chi connectivity index (χ0v) is 28.0. The minimum atomic E-state index is -0.922. The van der Waals surface area contributed by atoms with Gasteiger partial charge in [0, 0.05) is 18.8 Å². The molecule has 9 atom stereocenters. The van der Waals surface area contributed by atoms with E-state index in [-0.39, 0.29) is 23.5 Å². The molecule has 0 unspecified atom stereocenters. The second-order valence-electron chi connectivity index (χ2n) is 15.6. The van der Waals surface area contributed by atoms with Crippen molar-refractivity contribution in [3.8, 4) is 0 Å². The Morgan fingerprint density at radius 1 is 1.00 bits per heavy atom. The summed E-state index contributed by atoms with van der Waals surface area (Å²) < 4.78 is 5.73. The van der Waals surface area contributed by atoms with Crippen LogP contribution in [0, 0.1) is 40.4 Å². The van der Waals surface area contributed by atoms with Gasteiger partial charge in [0.25, 0.3) is 0 Å². The maximum absolute atomic E-state index is 12.7. The van der Waals surface area contributed by atoms with Crippen LogP contribution in [-0.4, -0.2) is 55.0 Å². The van der Waals surface area contributed by atoms with E-state index < -0.39 is 5.60 Å². The molecule has 0 heterocycles. The number of unbranched alkanes of at least 4 members (excludes halogenated alkanes) is 1. The number of hydrogen-bond donors (Lipinski definition) is 4. The number of hydrogen-bond acceptors (Lipinski definition) is 6. The number of carbonyl (C=O) groups is 1. The summed E-state index contributed by atoms with van der Waals surface area (Å²) >= 11 is 0. The molecule has 6 nitrogen and oxygen atoms in total. The van der Waals surface area contributed by atoms with Crippen molar-refractivity contribution in [2.75, 3.05) is 26.2 Å². The average Bonchev–Trinajstić information content (AvgIpc) is 3.28. The maximum Gasteiger partial charge on any atom is 0.302 e. The quantitative estimate of drug-likeness (QED) is 0.101. The first-order chi connectivity index (χ1) is 20.0. The van der Waals surface area contributed by atoms with E-state index in [9.17, 15) is 9.90 Å². The molecule has 0 aromatic carbocycles. The molecule has 0 aromatic rings. The topological polar surface area (TPSA) is 96.6 Å². The minimum Gasteiger partial charge on any atom is -0.462 e. The highest BCUT2D eigenvalue weighted by molar-refractivity contribution is 5.66. The lowest BCUT2D eigenvalue weighted by Gasteiger charge is -2.63. The van der Waals surface area contributed by atoms with Gasteiger partial charge < -0.3 is 26.2 Å². The Morgan fingerprint density at radius 2 is 1.74 bits per heavy atom. The van der Waals surface area contributed by atoms with Crippen LogP contribution in [0.4, 0.5) is 0 Å². The zero-order chi connectivity index (χ0) is 30.5. The third-order valence-electron chi connectivity index (χ3n) is 12.5. The molecule has 0 bridgehead atoms. The molecule has 242 valence electrons. The summed E-state index contributed by atoms with van der Waals surface area (Å²) in [7, 11) is 0. The highest BCUT2D eigenvalue weighted by Crippen LogP contribution is 2.67. The number of aliphatic hydroxyl groups is 1. The van der Waals surface area contributed by atoms with Crippen LogP contribution in [0.15, 0.2) is 11.6 Å². The fraction of sp³-hybridized carbons (Fsp3) is 0.917. The van der Waals surface area contributed by atoms with E-state index in [2.05, 4.69) is 51.3 Å². The van der Waals surface area contributed by atoms with E-state index in [0.29, 0.717) is 23.7 Å². The molecule has 0 aromatic heterocycles. The molecule has 6 heteroatoms. The number of nitrogens with two attached hydrogens (primary N) is 1. The van der Waals surface area contributed by atoms with Gasteiger partial charge in [-0.3, -0.25) is 4.79 Å². The third-order valence-corrected chi connectivity index (χ3v) is 12.5. The molecule has 0 aliphatic heterocycles. The highest BCUT2D eigenvalue weighted by Gasteiger charge is 2.65. The molecule has 42 heavy (non-hydrogen) atoms. The van der Waals surface area contributed by atoms with Gasteiger partial charge in [-0.1, -0.05) is 65.5 Å². The van der Waals surface area contributed by atoms with Gasteiger partial charge in [0.15, 0.2) is 0 Å². The fourth-order valence-electron chi connectivity index (χ4n) is 10.1. The van der Waals surface area contributed by atoms with Crippen molar-refractivity contribution in [3.05, 3.63) is 11.6 Å². The maximum atomic E-state index is 12.7. The molecule has 3 fully saturated rings. The van der Waals surface area contributed by atoms with Gasteiger partial charge in [0.2, 0.25) is 0 Å². The number of allylic oxidation sites excluding steroid dienone is 1. The van der Waals surface area contributed by atoms with E-state index in [0.717, 1.165) is 76.0 Å². The van der Waals surface area contributed by atoms with E-state index in [1.165, 1.54) is 51.9 Å². The van der Waals surface area contributed by atoms with Crippen molar-refractivity contribution in [2.24, 2.45) is 46.2 Å². The first-order valence-electron chi connectivity index (χ1n) is 17.7. The Hall–Kier alpha value is -0.950. The monoisotopic (exact) mass is 588 g/mol. The summed E-state index contributed by atoms with van der Waals surface area (Å²) in [5, 5.41) is 20.0. The molecule has 0 spiro atoms. The van der Waals surface area contributed by atoms with Crippen molar-refractivity contribution >= 4 is 5.97 Å². The molecular formula is C36H65N3O3. The number of rotatable bonds is 15. The second-order valence-corrected chi connectivity index (χ2v) is 15.6. The smallest absolute Gasteiger partial charge is 0.302 e. The van der Waals surface area contributed by atoms with Gasteiger partial charge >= 0.3 is 5.97 Å². The van der Waals surface area contributed by atoms with Gasteiger partial charge in [0.05, 0.1) is 11.6 Å². The molecule has 0 saturated heterocycles. The van der Waals surface area contributed by atoms with Crippen LogP contribution in [-0.2, 0) is 9.53 Å². The molecule has 4 aliphatic carbocycles. The Labute approximate surface area is 257 Å². The van der Waals surface area contributed by atoms with Gasteiger partial charge in [-0.05, 0) is 119 Å². The number of ether oxygens (including phenoxy) is 1. The summed E-state index contributed by atoms with van der Waals surface area (Å²) in [6.45, 7) is 17.3. The third kappa shape index (κ3) is 6.97. The van der Waals surface area contributed by atoms with Crippen molar-refractivity contribution in [1.29, 1.82) is 0 Å². The predicted octanol–water partition coefficient (Wildman–Crippen LogP) is 6.36. The number of esters is 1. The lowest BCUT2D eigenvalue weighted by Crippen LogP contribution is -2.68. The van der Waals surface area contributed by atoms with E-state index in [1.807, 2.05) is 0 Å². The van der Waals surface area contributed by atoms with Crippen LogP contribution in [0.3, 0.4) is 0 Å². The Balaban J connectivity index is 1.53. The van der Waals surface area contributed by atoms with Gasteiger partial charge in [-0.15, -0.1) is 0 Å². The van der Waals surface area contributed by atoms with Crippen molar-refractivity contribution in [3.63, 3.8) is 0 Å². The summed E-state index contributed by atoms with van der Waals surface area (Å²) in [4.78, 5) is 11.9. The molecule has 0 radical (unpaired) electrons. The Kier molecular flexibility index (Phi) is 11.7. The van der Waals surface area contributed by atoms with Crippen LogP contribution >= 0.6 is 0 Å². The molecule has 5 N–H and O–H groups in total. The Morgan fingerprint density at radius 3 is 2.45 bits per heavy atom. The van der Waals surface area contributed by atoms with Crippen molar-refractivity contribution in [2.45, 2.75) is 143 Å². The zero-order valence-electron chi connectivity index (χ0n) is 28.0. The Bertz CT molecular complexity index is 923. The number of fused-ring (bicyclic) bond motifs is 5. The van der Waals surface area contributed by atoms with Crippen molar-refractivity contribution in [1.82, 2.24) is 10.6 Å². The van der Waals surface area contributed by atoms with Gasteiger partial charge in [-0.2, -0.15) is 0 Å². The molecule has 3 saturated carbocycles. The SMILES string of the molecule is CC(=O)O[C@H]1CC[C@]2(C)[C@H]3CC[C@]4(C)[C@@H]([C@H](C)CCCC(C)C)CC[C@H]4C3=C[C@@H](NCCCCNCCCN)[C@@]2(O)C1. The number of nitrogens with one attached hydrogen (secondary N) is 2. The largest absolute Gasteiger partial charge is 0.462 e. The lowest BCUT2D eigenvalue weighted by atomic mass is 9.45. The van der Waals surface area contributed by atoms with Gasteiger partial charge in [-0.25, -0.2) is 0 Å². The molecule has 4 aliphatic rings. The van der Waals surface area contributed by atoms with Crippen molar-refractivity contribution < 1.29 is 14.6 Å². The standard InChI is InChI=1S/C36H65N3O3/c1-25(2)11-9-12-26(3)30-13-14-31-29-23-33(39-22-8-7-20-38-21-10-19-37)36(41)24-28(42-27(4)40)15-18-35(36,6)32(29)16-17-34(30,31)5/h23,25-26,28,30-33,38-39,41H,7-22,24,37H2,1-6H3/t26-,28+,30-,31+,32+,33-,34-,35-,36+/m1/s1. The first-order valence-corrected chi connectivity index (χ1v) is 17.7. The summed E-state index contributed by atoms with van der Waals surface area (Å²) in [6.07, 6.45) is 16.9. The normalized spacial score (nSPS) is 38.4. The van der Waals surface area contributed by atoms with Crippen LogP contribution < -0.4 is 16.4 Å². The highest BCUT2D eigenvalue weighted by atomic mass is 16.5. The average molecular weight is 588 g/mol. The predicted molar refractivity (Wildman–Crippen MR) is 173 cm³/mol. The molecule has 0 amide bonds. The van der Waals surface area contributed by atoms with Crippen LogP contribution in [0.2, 0.25) is 0 Å². The molecule has 4 rings (SSSR count).